The fourth-order valence-corrected chi connectivity index (χ4v) is 8.71. The number of nitrogens with zero attached hydrogens (tertiary/aromatic N) is 3. The smallest absolute Gasteiger partial charge is 0.0991 e. The van der Waals surface area contributed by atoms with Crippen molar-refractivity contribution < 1.29 is 0 Å². The summed E-state index contributed by atoms with van der Waals surface area (Å²) in [5.41, 5.74) is 6.77. The molecule has 9 rings (SSSR count). The summed E-state index contributed by atoms with van der Waals surface area (Å²) in [4.78, 5) is 0. The van der Waals surface area contributed by atoms with Crippen LogP contribution >= 0.6 is 22.7 Å². The third kappa shape index (κ3) is 3.50. The molecule has 198 valence electrons. The summed E-state index contributed by atoms with van der Waals surface area (Å²) < 4.78 is 7.21. The van der Waals surface area contributed by atoms with Crippen molar-refractivity contribution in [1.82, 2.24) is 4.57 Å². The number of benzene rings is 6. The van der Waals surface area contributed by atoms with Gasteiger partial charge in [-0.15, -0.1) is 22.7 Å². The Kier molecular flexibility index (Phi) is 5.07. The van der Waals surface area contributed by atoms with Crippen molar-refractivity contribution in [1.29, 1.82) is 10.5 Å². The number of thiophene rings is 2. The predicted octanol–water partition coefficient (Wildman–Crippen LogP) is 10.9. The highest BCUT2D eigenvalue weighted by Crippen LogP contribution is 2.44. The summed E-state index contributed by atoms with van der Waals surface area (Å²) in [7, 11) is 0. The Morgan fingerprint density at radius 1 is 0.465 bits per heavy atom. The van der Waals surface area contributed by atoms with Crippen molar-refractivity contribution in [3.05, 3.63) is 126 Å². The molecule has 0 fully saturated rings. The molecule has 3 nitrogen and oxygen atoms in total. The Hall–Kier alpha value is -5.46. The molecule has 0 aliphatic rings. The second kappa shape index (κ2) is 9.02. The largest absolute Gasteiger partial charge is 0.309 e. The summed E-state index contributed by atoms with van der Waals surface area (Å²) in [5.74, 6) is 0. The maximum absolute atomic E-state index is 9.88. The molecule has 0 atom stereocenters. The van der Waals surface area contributed by atoms with E-state index in [4.69, 9.17) is 0 Å². The Bertz CT molecular complexity index is 2650. The Morgan fingerprint density at radius 2 is 1.00 bits per heavy atom. The molecule has 0 aliphatic heterocycles. The molecule has 0 amide bonds. The van der Waals surface area contributed by atoms with Crippen LogP contribution in [0.4, 0.5) is 0 Å². The van der Waals surface area contributed by atoms with Gasteiger partial charge in [0.15, 0.2) is 0 Å². The molecular formula is C38H19N3S2. The van der Waals surface area contributed by atoms with Crippen molar-refractivity contribution in [2.75, 3.05) is 0 Å². The van der Waals surface area contributed by atoms with Gasteiger partial charge in [-0.05, 0) is 78.4 Å². The van der Waals surface area contributed by atoms with Gasteiger partial charge in [0.1, 0.15) is 0 Å². The molecule has 0 bridgehead atoms. The van der Waals surface area contributed by atoms with Gasteiger partial charge in [-0.2, -0.15) is 10.5 Å². The van der Waals surface area contributed by atoms with E-state index in [1.807, 2.05) is 24.3 Å². The monoisotopic (exact) mass is 581 g/mol. The van der Waals surface area contributed by atoms with E-state index in [1.165, 1.54) is 45.7 Å². The highest BCUT2D eigenvalue weighted by molar-refractivity contribution is 7.27. The lowest BCUT2D eigenvalue weighted by Crippen LogP contribution is -1.98. The first kappa shape index (κ1) is 24.2. The van der Waals surface area contributed by atoms with Gasteiger partial charge in [-0.25, -0.2) is 0 Å². The normalized spacial score (nSPS) is 11.7. The molecule has 0 aliphatic carbocycles. The van der Waals surface area contributed by atoms with Gasteiger partial charge >= 0.3 is 0 Å². The van der Waals surface area contributed by atoms with Crippen molar-refractivity contribution in [3.8, 4) is 29.0 Å². The van der Waals surface area contributed by atoms with Crippen LogP contribution in [0.25, 0.3) is 79.0 Å². The number of aromatic nitrogens is 1. The van der Waals surface area contributed by atoms with Crippen LogP contribution in [0.15, 0.2) is 115 Å². The van der Waals surface area contributed by atoms with Crippen LogP contribution < -0.4 is 0 Å². The fourth-order valence-electron chi connectivity index (χ4n) is 6.50. The van der Waals surface area contributed by atoms with Crippen LogP contribution in [0.3, 0.4) is 0 Å². The topological polar surface area (TPSA) is 52.5 Å². The van der Waals surface area contributed by atoms with Gasteiger partial charge in [0, 0.05) is 56.7 Å². The molecule has 0 N–H and O–H groups in total. The van der Waals surface area contributed by atoms with Crippen LogP contribution in [0.2, 0.25) is 0 Å². The van der Waals surface area contributed by atoms with Gasteiger partial charge in [0.05, 0.1) is 40.0 Å². The molecule has 0 unspecified atom stereocenters. The van der Waals surface area contributed by atoms with Crippen molar-refractivity contribution in [3.63, 3.8) is 0 Å². The predicted molar refractivity (Wildman–Crippen MR) is 181 cm³/mol. The number of nitriles is 2. The number of rotatable bonds is 2. The molecule has 6 aromatic carbocycles. The maximum atomic E-state index is 9.88. The van der Waals surface area contributed by atoms with E-state index in [9.17, 15) is 10.5 Å². The van der Waals surface area contributed by atoms with E-state index in [2.05, 4.69) is 108 Å². The summed E-state index contributed by atoms with van der Waals surface area (Å²) in [6.45, 7) is 0. The van der Waals surface area contributed by atoms with Crippen molar-refractivity contribution in [2.45, 2.75) is 0 Å². The first-order chi connectivity index (χ1) is 21.2. The fraction of sp³-hybridized carbons (Fsp3) is 0. The molecule has 3 aromatic heterocycles. The van der Waals surface area contributed by atoms with Crippen molar-refractivity contribution in [2.24, 2.45) is 0 Å². The summed E-state index contributed by atoms with van der Waals surface area (Å²) in [6, 6.07) is 44.9. The zero-order valence-electron chi connectivity index (χ0n) is 22.6. The molecular weight excluding hydrogens is 563 g/mol. The lowest BCUT2D eigenvalue weighted by atomic mass is 9.98. The van der Waals surface area contributed by atoms with Gasteiger partial charge in [-0.3, -0.25) is 0 Å². The number of hydrogen-bond donors (Lipinski definition) is 0. The van der Waals surface area contributed by atoms with E-state index in [-0.39, 0.29) is 0 Å². The summed E-state index contributed by atoms with van der Waals surface area (Å²) >= 11 is 3.57. The average molecular weight is 582 g/mol. The van der Waals surface area contributed by atoms with E-state index < -0.39 is 0 Å². The van der Waals surface area contributed by atoms with Crippen LogP contribution in [0.1, 0.15) is 11.1 Å². The van der Waals surface area contributed by atoms with E-state index in [0.29, 0.717) is 11.1 Å². The zero-order valence-corrected chi connectivity index (χ0v) is 24.3. The molecule has 0 saturated heterocycles. The lowest BCUT2D eigenvalue weighted by molar-refractivity contribution is 1.18. The van der Waals surface area contributed by atoms with E-state index in [1.54, 1.807) is 22.7 Å². The lowest BCUT2D eigenvalue weighted by Gasteiger charge is -2.15. The quantitative estimate of drug-likeness (QED) is 0.204. The maximum Gasteiger partial charge on any atom is 0.0991 e. The van der Waals surface area contributed by atoms with E-state index in [0.717, 1.165) is 33.2 Å². The zero-order chi connectivity index (χ0) is 28.7. The Balaban J connectivity index is 1.31. The minimum absolute atomic E-state index is 0.638. The highest BCUT2D eigenvalue weighted by Gasteiger charge is 2.17. The molecule has 5 heteroatoms. The minimum Gasteiger partial charge on any atom is -0.309 e. The average Bonchev–Trinajstić information content (AvgIpc) is 3.71. The van der Waals surface area contributed by atoms with Crippen molar-refractivity contribution >= 4 is 84.8 Å². The van der Waals surface area contributed by atoms with Crippen LogP contribution in [0, 0.1) is 22.7 Å². The molecule has 0 saturated carbocycles. The second-order valence-electron chi connectivity index (χ2n) is 10.8. The van der Waals surface area contributed by atoms with Gasteiger partial charge in [0.2, 0.25) is 0 Å². The van der Waals surface area contributed by atoms with Gasteiger partial charge in [-0.1, -0.05) is 42.5 Å². The molecule has 3 heterocycles. The van der Waals surface area contributed by atoms with Gasteiger partial charge < -0.3 is 4.57 Å². The SMILES string of the molecule is N#Cc1ccc(-n2c3ccccc3c3ccccc32)c(-c2ccc3sc4cc5c(cc4c3c2)sc2ccc(C#N)cc25)c1. The minimum atomic E-state index is 0.638. The summed E-state index contributed by atoms with van der Waals surface area (Å²) in [6.07, 6.45) is 0. The van der Waals surface area contributed by atoms with Crippen LogP contribution in [0.5, 0.6) is 0 Å². The first-order valence-corrected chi connectivity index (χ1v) is 15.6. The number of hydrogen-bond acceptors (Lipinski definition) is 4. The molecule has 43 heavy (non-hydrogen) atoms. The second-order valence-corrected chi connectivity index (χ2v) is 13.0. The van der Waals surface area contributed by atoms with E-state index >= 15 is 0 Å². The molecule has 0 radical (unpaired) electrons. The van der Waals surface area contributed by atoms with Gasteiger partial charge in [0.25, 0.3) is 0 Å². The van der Waals surface area contributed by atoms with Crippen LogP contribution in [-0.4, -0.2) is 4.57 Å². The Labute approximate surface area is 254 Å². The highest BCUT2D eigenvalue weighted by atomic mass is 32.1. The van der Waals surface area contributed by atoms with Crippen LogP contribution in [-0.2, 0) is 0 Å². The standard InChI is InChI=1S/C38H19N3S2/c39-20-22-9-12-34(41-32-7-3-1-5-25(32)26-6-2-4-8-33(26)41)27(15-22)24-11-14-36-29(17-24)31-19-37-30(18-38(31)43-36)28-16-23(21-40)10-13-35(28)42-37/h1-19H. The number of para-hydroxylation sites is 2. The third-order valence-corrected chi connectivity index (χ3v) is 10.7. The molecule has 0 spiro atoms. The number of fused-ring (bicyclic) bond motifs is 9. The Morgan fingerprint density at radius 3 is 1.65 bits per heavy atom. The molecule has 9 aromatic rings. The first-order valence-electron chi connectivity index (χ1n) is 14.0. The summed E-state index contributed by atoms with van der Waals surface area (Å²) in [5, 5.41) is 26.5. The third-order valence-electron chi connectivity index (χ3n) is 8.45.